The monoisotopic (exact) mass is 325 g/mol. The molecule has 2 unspecified atom stereocenters. The van der Waals surface area contributed by atoms with Crippen LogP contribution in [0.15, 0.2) is 6.33 Å². The minimum absolute atomic E-state index is 0.102. The van der Waals surface area contributed by atoms with Crippen molar-refractivity contribution in [1.82, 2.24) is 25.4 Å². The number of ether oxygens (including phenoxy) is 1. The predicted molar refractivity (Wildman–Crippen MR) is 90.0 cm³/mol. The van der Waals surface area contributed by atoms with E-state index in [-0.39, 0.29) is 12.1 Å². The highest BCUT2D eigenvalue weighted by Gasteiger charge is 2.20. The zero-order chi connectivity index (χ0) is 17.6. The topological polar surface area (TPSA) is 81.1 Å². The molecule has 1 heterocycles. The van der Waals surface area contributed by atoms with Gasteiger partial charge in [-0.15, -0.1) is 10.2 Å². The van der Waals surface area contributed by atoms with Gasteiger partial charge >= 0.3 is 6.09 Å². The van der Waals surface area contributed by atoms with Gasteiger partial charge in [-0.05, 0) is 39.5 Å². The Hall–Kier alpha value is -1.63. The van der Waals surface area contributed by atoms with Crippen LogP contribution < -0.4 is 10.6 Å². The lowest BCUT2D eigenvalue weighted by molar-refractivity contribution is 0.0514. The van der Waals surface area contributed by atoms with Crippen LogP contribution in [0, 0.1) is 11.8 Å². The van der Waals surface area contributed by atoms with E-state index in [0.717, 1.165) is 12.4 Å². The van der Waals surface area contributed by atoms with Gasteiger partial charge < -0.3 is 19.9 Å². The molecule has 7 heteroatoms. The van der Waals surface area contributed by atoms with Crippen LogP contribution in [-0.2, 0) is 11.8 Å². The summed E-state index contributed by atoms with van der Waals surface area (Å²) in [6.45, 7) is 13.3. The summed E-state index contributed by atoms with van der Waals surface area (Å²) in [5.74, 6) is 1.63. The van der Waals surface area contributed by atoms with Gasteiger partial charge in [0.15, 0.2) is 0 Å². The molecular weight excluding hydrogens is 294 g/mol. The molecular formula is C16H31N5O2. The molecule has 0 aliphatic rings. The summed E-state index contributed by atoms with van der Waals surface area (Å²) in [6.07, 6.45) is 1.32. The van der Waals surface area contributed by atoms with Gasteiger partial charge in [0.2, 0.25) is 0 Å². The Morgan fingerprint density at radius 3 is 2.43 bits per heavy atom. The van der Waals surface area contributed by atoms with Crippen molar-refractivity contribution in [1.29, 1.82) is 0 Å². The fourth-order valence-electron chi connectivity index (χ4n) is 2.18. The number of aryl methyl sites for hydroxylation is 1. The summed E-state index contributed by atoms with van der Waals surface area (Å²) < 4.78 is 7.18. The van der Waals surface area contributed by atoms with Crippen molar-refractivity contribution < 1.29 is 9.53 Å². The summed E-state index contributed by atoms with van der Waals surface area (Å²) in [5, 5.41) is 14.3. The van der Waals surface area contributed by atoms with Crippen molar-refractivity contribution in [2.45, 2.75) is 53.2 Å². The average Bonchev–Trinajstić information content (AvgIpc) is 2.82. The first kappa shape index (κ1) is 19.4. The third kappa shape index (κ3) is 6.99. The van der Waals surface area contributed by atoms with E-state index in [4.69, 9.17) is 4.74 Å². The van der Waals surface area contributed by atoms with Crippen LogP contribution in [0.1, 0.15) is 53.4 Å². The first-order chi connectivity index (χ1) is 10.6. The molecule has 1 aromatic heterocycles. The molecule has 1 rings (SSSR count). The number of alkyl carbamates (subject to hydrolysis) is 1. The third-order valence-corrected chi connectivity index (χ3v) is 3.67. The maximum atomic E-state index is 11.8. The van der Waals surface area contributed by atoms with Crippen LogP contribution >= 0.6 is 0 Å². The standard InChI is InChI=1S/C16H31N5O2/c1-11(2)13(9-18-15(22)23-16(4,5)6)8-17-12(3)14-20-19-10-21(14)7/h10-13,17H,8-9H2,1-7H3,(H,18,22). The van der Waals surface area contributed by atoms with Gasteiger partial charge in [0, 0.05) is 20.1 Å². The van der Waals surface area contributed by atoms with E-state index in [1.807, 2.05) is 32.4 Å². The highest BCUT2D eigenvalue weighted by atomic mass is 16.6. The zero-order valence-electron chi connectivity index (χ0n) is 15.4. The molecule has 0 fully saturated rings. The summed E-state index contributed by atoms with van der Waals surface area (Å²) in [5.41, 5.74) is -0.477. The zero-order valence-corrected chi connectivity index (χ0v) is 15.4. The molecule has 1 amide bonds. The minimum Gasteiger partial charge on any atom is -0.444 e. The van der Waals surface area contributed by atoms with Gasteiger partial charge in [-0.1, -0.05) is 13.8 Å². The highest BCUT2D eigenvalue weighted by molar-refractivity contribution is 5.67. The molecule has 2 atom stereocenters. The molecule has 0 aromatic carbocycles. The number of nitrogens with one attached hydrogen (secondary N) is 2. The molecule has 1 aromatic rings. The maximum Gasteiger partial charge on any atom is 0.407 e. The smallest absolute Gasteiger partial charge is 0.407 e. The van der Waals surface area contributed by atoms with Gasteiger partial charge in [0.25, 0.3) is 0 Å². The molecule has 0 saturated carbocycles. The molecule has 0 spiro atoms. The maximum absolute atomic E-state index is 11.8. The Kier molecular flexibility index (Phi) is 7.00. The number of aromatic nitrogens is 3. The molecule has 0 saturated heterocycles. The van der Waals surface area contributed by atoms with E-state index in [9.17, 15) is 4.79 Å². The van der Waals surface area contributed by atoms with Gasteiger partial charge in [0.1, 0.15) is 17.8 Å². The Bertz CT molecular complexity index is 493. The largest absolute Gasteiger partial charge is 0.444 e. The van der Waals surface area contributed by atoms with Crippen LogP contribution in [0.3, 0.4) is 0 Å². The van der Waals surface area contributed by atoms with Gasteiger partial charge in [-0.25, -0.2) is 4.79 Å². The molecule has 2 N–H and O–H groups in total. The van der Waals surface area contributed by atoms with Crippen molar-refractivity contribution in [3.8, 4) is 0 Å². The second-order valence-corrected chi connectivity index (χ2v) is 7.32. The summed E-state index contributed by atoms with van der Waals surface area (Å²) in [7, 11) is 1.93. The Balaban J connectivity index is 2.46. The van der Waals surface area contributed by atoms with E-state index < -0.39 is 5.60 Å². The van der Waals surface area contributed by atoms with Crippen LogP contribution in [-0.4, -0.2) is 39.5 Å². The third-order valence-electron chi connectivity index (χ3n) is 3.67. The van der Waals surface area contributed by atoms with Crippen molar-refractivity contribution in [3.05, 3.63) is 12.2 Å². The average molecular weight is 325 g/mol. The number of carbonyl (C=O) groups is 1. The number of nitrogens with zero attached hydrogens (tertiary/aromatic N) is 3. The molecule has 7 nitrogen and oxygen atoms in total. The lowest BCUT2D eigenvalue weighted by atomic mass is 9.95. The molecule has 0 aliphatic carbocycles. The van der Waals surface area contributed by atoms with Crippen molar-refractivity contribution in [2.75, 3.05) is 13.1 Å². The van der Waals surface area contributed by atoms with Crippen LogP contribution in [0.4, 0.5) is 4.79 Å². The summed E-state index contributed by atoms with van der Waals surface area (Å²) in [6, 6.07) is 0.102. The number of carbonyl (C=O) groups excluding carboxylic acids is 1. The van der Waals surface area contributed by atoms with Crippen molar-refractivity contribution in [2.24, 2.45) is 18.9 Å². The van der Waals surface area contributed by atoms with Crippen molar-refractivity contribution >= 4 is 6.09 Å². The molecule has 132 valence electrons. The van der Waals surface area contributed by atoms with Crippen LogP contribution in [0.2, 0.25) is 0 Å². The van der Waals surface area contributed by atoms with E-state index in [1.54, 1.807) is 6.33 Å². The second kappa shape index (κ2) is 8.29. The highest BCUT2D eigenvalue weighted by Crippen LogP contribution is 2.13. The van der Waals surface area contributed by atoms with E-state index in [0.29, 0.717) is 18.4 Å². The van der Waals surface area contributed by atoms with Gasteiger partial charge in [0.05, 0.1) is 6.04 Å². The van der Waals surface area contributed by atoms with Gasteiger partial charge in [-0.2, -0.15) is 0 Å². The first-order valence-corrected chi connectivity index (χ1v) is 8.14. The lowest BCUT2D eigenvalue weighted by Crippen LogP contribution is -2.40. The summed E-state index contributed by atoms with van der Waals surface area (Å²) in [4.78, 5) is 11.8. The predicted octanol–water partition coefficient (Wildman–Crippen LogP) is 2.26. The Morgan fingerprint density at radius 2 is 1.96 bits per heavy atom. The second-order valence-electron chi connectivity index (χ2n) is 7.32. The molecule has 0 bridgehead atoms. The number of hydrogen-bond donors (Lipinski definition) is 2. The number of hydrogen-bond acceptors (Lipinski definition) is 5. The van der Waals surface area contributed by atoms with Crippen LogP contribution in [0.25, 0.3) is 0 Å². The molecule has 0 radical (unpaired) electrons. The quantitative estimate of drug-likeness (QED) is 0.804. The fraction of sp³-hybridized carbons (Fsp3) is 0.812. The van der Waals surface area contributed by atoms with Gasteiger partial charge in [-0.3, -0.25) is 0 Å². The lowest BCUT2D eigenvalue weighted by Gasteiger charge is -2.25. The first-order valence-electron chi connectivity index (χ1n) is 8.14. The number of amides is 1. The minimum atomic E-state index is -0.477. The Morgan fingerprint density at radius 1 is 1.30 bits per heavy atom. The van der Waals surface area contributed by atoms with E-state index in [2.05, 4.69) is 41.6 Å². The fourth-order valence-corrected chi connectivity index (χ4v) is 2.18. The summed E-state index contributed by atoms with van der Waals surface area (Å²) >= 11 is 0. The van der Waals surface area contributed by atoms with E-state index >= 15 is 0 Å². The van der Waals surface area contributed by atoms with E-state index in [1.165, 1.54) is 0 Å². The van der Waals surface area contributed by atoms with Crippen LogP contribution in [0.5, 0.6) is 0 Å². The SMILES string of the molecule is CC(NCC(CNC(=O)OC(C)(C)C)C(C)C)c1nncn1C. The normalized spacial score (nSPS) is 14.6. The Labute approximate surface area is 139 Å². The molecule has 0 aliphatic heterocycles. The number of rotatable bonds is 7. The van der Waals surface area contributed by atoms with Crippen molar-refractivity contribution in [3.63, 3.8) is 0 Å². The molecule has 23 heavy (non-hydrogen) atoms.